The Morgan fingerprint density at radius 2 is 2.00 bits per heavy atom. The lowest BCUT2D eigenvalue weighted by Crippen LogP contribution is -2.22. The fourth-order valence-corrected chi connectivity index (χ4v) is 3.81. The molecule has 2 aromatic rings. The second-order valence-electron chi connectivity index (χ2n) is 7.87. The van der Waals surface area contributed by atoms with Crippen LogP contribution in [0.4, 0.5) is 13.2 Å². The molecule has 1 fully saturated rings. The summed E-state index contributed by atoms with van der Waals surface area (Å²) in [4.78, 5) is 4.17. The lowest BCUT2D eigenvalue weighted by Gasteiger charge is -2.15. The maximum atomic E-state index is 13.5. The largest absolute Gasteiger partial charge is 0.418 e. The first-order valence-corrected chi connectivity index (χ1v) is 12.5. The second-order valence-corrected chi connectivity index (χ2v) is 13.9. The van der Waals surface area contributed by atoms with Crippen molar-refractivity contribution in [1.82, 2.24) is 9.55 Å². The molecule has 25 heavy (non-hydrogen) atoms. The molecule has 0 bridgehead atoms. The summed E-state index contributed by atoms with van der Waals surface area (Å²) in [6.45, 7) is 7.27. The number of nitrogens with zero attached hydrogens (tertiary/aromatic N) is 2. The molecule has 0 unspecified atom stereocenters. The van der Waals surface area contributed by atoms with E-state index in [9.17, 15) is 13.2 Å². The van der Waals surface area contributed by atoms with Gasteiger partial charge in [0.1, 0.15) is 17.5 Å². The molecule has 0 spiro atoms. The van der Waals surface area contributed by atoms with Crippen molar-refractivity contribution in [3.05, 3.63) is 28.5 Å². The second kappa shape index (κ2) is 6.59. The molecular formula is C17H22ClF3N2OSi. The van der Waals surface area contributed by atoms with E-state index in [0.29, 0.717) is 12.2 Å². The van der Waals surface area contributed by atoms with Gasteiger partial charge in [0, 0.05) is 26.3 Å². The number of hydrogen-bond donors (Lipinski definition) is 0. The van der Waals surface area contributed by atoms with Crippen LogP contribution in [0.25, 0.3) is 11.0 Å². The molecule has 3 rings (SSSR count). The summed E-state index contributed by atoms with van der Waals surface area (Å²) in [5.41, 5.74) is 0.264. The highest BCUT2D eigenvalue weighted by atomic mass is 35.5. The van der Waals surface area contributed by atoms with Crippen LogP contribution in [0.15, 0.2) is 12.3 Å². The maximum Gasteiger partial charge on any atom is 0.418 e. The van der Waals surface area contributed by atoms with Crippen LogP contribution in [0.2, 0.25) is 30.8 Å². The fraction of sp³-hybridized carbons (Fsp3) is 0.588. The minimum atomic E-state index is -4.43. The molecule has 0 atom stereocenters. The van der Waals surface area contributed by atoms with E-state index in [0.717, 1.165) is 25.1 Å². The molecule has 0 aromatic carbocycles. The SMILES string of the molecule is C[Si](C)(C)CCOCn1cc(C(F)(F)F)c2c(C3CC3)cc(Cl)nc21. The standard InChI is InChI=1S/C17H22ClF3N2OSi/c1-25(2,3)7-6-24-10-23-9-13(17(19,20)21)15-12(11-4-5-11)8-14(18)22-16(15)23/h8-9,11H,4-7,10H2,1-3H3. The Labute approximate surface area is 151 Å². The average molecular weight is 391 g/mol. The van der Waals surface area contributed by atoms with Gasteiger partial charge in [0.15, 0.2) is 0 Å². The van der Waals surface area contributed by atoms with E-state index in [-0.39, 0.29) is 28.8 Å². The van der Waals surface area contributed by atoms with Gasteiger partial charge < -0.3 is 9.30 Å². The van der Waals surface area contributed by atoms with Gasteiger partial charge in [-0.1, -0.05) is 31.2 Å². The van der Waals surface area contributed by atoms with Crippen molar-refractivity contribution < 1.29 is 17.9 Å². The number of aromatic nitrogens is 2. The number of rotatable bonds is 6. The van der Waals surface area contributed by atoms with E-state index in [2.05, 4.69) is 24.6 Å². The molecule has 1 aliphatic rings. The summed E-state index contributed by atoms with van der Waals surface area (Å²) in [6.07, 6.45) is -1.54. The van der Waals surface area contributed by atoms with Crippen molar-refractivity contribution in [1.29, 1.82) is 0 Å². The summed E-state index contributed by atoms with van der Waals surface area (Å²) in [6, 6.07) is 2.53. The molecule has 0 radical (unpaired) electrons. The van der Waals surface area contributed by atoms with Crippen LogP contribution >= 0.6 is 11.6 Å². The van der Waals surface area contributed by atoms with Gasteiger partial charge in [-0.3, -0.25) is 0 Å². The van der Waals surface area contributed by atoms with E-state index in [4.69, 9.17) is 16.3 Å². The Balaban J connectivity index is 1.96. The van der Waals surface area contributed by atoms with Crippen molar-refractivity contribution in [2.75, 3.05) is 6.61 Å². The van der Waals surface area contributed by atoms with E-state index >= 15 is 0 Å². The zero-order chi connectivity index (χ0) is 18.4. The Kier molecular flexibility index (Phi) is 4.94. The van der Waals surface area contributed by atoms with Crippen molar-refractivity contribution >= 4 is 30.7 Å². The Morgan fingerprint density at radius 1 is 1.32 bits per heavy atom. The molecule has 8 heteroatoms. The minimum absolute atomic E-state index is 0.0501. The molecule has 2 aromatic heterocycles. The average Bonchev–Trinajstić information content (AvgIpc) is 3.23. The third-order valence-corrected chi connectivity index (χ3v) is 6.27. The summed E-state index contributed by atoms with van der Waals surface area (Å²) in [5, 5.41) is 0.401. The maximum absolute atomic E-state index is 13.5. The number of halogens is 4. The predicted octanol–water partition coefficient (Wildman–Crippen LogP) is 5.90. The topological polar surface area (TPSA) is 27.1 Å². The van der Waals surface area contributed by atoms with E-state index in [1.165, 1.54) is 4.57 Å². The van der Waals surface area contributed by atoms with Crippen molar-refractivity contribution in [3.8, 4) is 0 Å². The zero-order valence-electron chi connectivity index (χ0n) is 14.6. The third kappa shape index (κ3) is 4.38. The molecule has 138 valence electrons. The Morgan fingerprint density at radius 3 is 2.56 bits per heavy atom. The van der Waals surface area contributed by atoms with Gasteiger partial charge in [-0.05, 0) is 36.4 Å². The first-order chi connectivity index (χ1) is 11.6. The highest BCUT2D eigenvalue weighted by Crippen LogP contribution is 2.47. The first-order valence-electron chi connectivity index (χ1n) is 8.40. The molecule has 1 saturated carbocycles. The van der Waals surface area contributed by atoms with Crippen molar-refractivity contribution in [2.45, 2.75) is 57.4 Å². The van der Waals surface area contributed by atoms with Crippen LogP contribution in [0.5, 0.6) is 0 Å². The van der Waals surface area contributed by atoms with Gasteiger partial charge in [-0.25, -0.2) is 4.98 Å². The first kappa shape index (κ1) is 18.7. The van der Waals surface area contributed by atoms with Gasteiger partial charge >= 0.3 is 6.18 Å². The lowest BCUT2D eigenvalue weighted by molar-refractivity contribution is -0.136. The van der Waals surface area contributed by atoms with Gasteiger partial charge in [0.2, 0.25) is 0 Å². The van der Waals surface area contributed by atoms with E-state index in [1.54, 1.807) is 6.07 Å². The number of hydrogen-bond acceptors (Lipinski definition) is 2. The molecule has 0 N–H and O–H groups in total. The number of pyridine rings is 1. The summed E-state index contributed by atoms with van der Waals surface area (Å²) >= 11 is 6.07. The Hall–Kier alpha value is -1.05. The monoisotopic (exact) mass is 390 g/mol. The summed E-state index contributed by atoms with van der Waals surface area (Å²) < 4.78 is 47.7. The third-order valence-electron chi connectivity index (χ3n) is 4.38. The van der Waals surface area contributed by atoms with Crippen LogP contribution in [-0.4, -0.2) is 24.2 Å². The number of fused-ring (bicyclic) bond motifs is 1. The molecule has 3 nitrogen and oxygen atoms in total. The lowest BCUT2D eigenvalue weighted by atomic mass is 10.1. The zero-order valence-corrected chi connectivity index (χ0v) is 16.3. The molecular weight excluding hydrogens is 369 g/mol. The van der Waals surface area contributed by atoms with Crippen LogP contribution in [0.1, 0.15) is 29.9 Å². The van der Waals surface area contributed by atoms with Gasteiger partial charge in [-0.15, -0.1) is 0 Å². The van der Waals surface area contributed by atoms with Gasteiger partial charge in [0.05, 0.1) is 5.56 Å². The van der Waals surface area contributed by atoms with Gasteiger partial charge in [-0.2, -0.15) is 13.2 Å². The summed E-state index contributed by atoms with van der Waals surface area (Å²) in [5.74, 6) is 0.146. The number of ether oxygens (including phenoxy) is 1. The van der Waals surface area contributed by atoms with Crippen LogP contribution < -0.4 is 0 Å². The molecule has 0 aliphatic heterocycles. The van der Waals surface area contributed by atoms with Crippen LogP contribution in [-0.2, 0) is 17.6 Å². The fourth-order valence-electron chi connectivity index (χ4n) is 2.86. The quantitative estimate of drug-likeness (QED) is 0.349. The highest BCUT2D eigenvalue weighted by molar-refractivity contribution is 6.76. The van der Waals surface area contributed by atoms with E-state index in [1.807, 2.05) is 0 Å². The van der Waals surface area contributed by atoms with Crippen LogP contribution in [0.3, 0.4) is 0 Å². The molecule has 2 heterocycles. The molecule has 0 saturated heterocycles. The van der Waals surface area contributed by atoms with Crippen molar-refractivity contribution in [2.24, 2.45) is 0 Å². The predicted molar refractivity (Wildman–Crippen MR) is 95.8 cm³/mol. The van der Waals surface area contributed by atoms with Crippen LogP contribution in [0, 0.1) is 0 Å². The highest BCUT2D eigenvalue weighted by Gasteiger charge is 2.38. The van der Waals surface area contributed by atoms with Crippen molar-refractivity contribution in [3.63, 3.8) is 0 Å². The minimum Gasteiger partial charge on any atom is -0.361 e. The smallest absolute Gasteiger partial charge is 0.361 e. The normalized spacial score (nSPS) is 16.0. The van der Waals surface area contributed by atoms with E-state index < -0.39 is 19.8 Å². The summed E-state index contributed by atoms with van der Waals surface area (Å²) in [7, 11) is -1.25. The Bertz CT molecular complexity index is 779. The van der Waals surface area contributed by atoms with Gasteiger partial charge in [0.25, 0.3) is 0 Å². The number of alkyl halides is 3. The molecule has 1 aliphatic carbocycles. The molecule has 0 amide bonds.